The van der Waals surface area contributed by atoms with E-state index in [4.69, 9.17) is 0 Å². The summed E-state index contributed by atoms with van der Waals surface area (Å²) in [5, 5.41) is 0. The molecule has 0 fully saturated rings. The summed E-state index contributed by atoms with van der Waals surface area (Å²) in [6, 6.07) is 0.314. The van der Waals surface area contributed by atoms with Gasteiger partial charge in [0.05, 0.1) is 5.69 Å². The van der Waals surface area contributed by atoms with E-state index in [2.05, 4.69) is 28.7 Å². The molecule has 1 aromatic rings. The van der Waals surface area contributed by atoms with Crippen LogP contribution in [0.3, 0.4) is 0 Å². The van der Waals surface area contributed by atoms with E-state index in [9.17, 15) is 9.59 Å². The van der Waals surface area contributed by atoms with Gasteiger partial charge in [-0.3, -0.25) is 9.59 Å². The average Bonchev–Trinajstić information content (AvgIpc) is 2.30. The predicted octanol–water partition coefficient (Wildman–Crippen LogP) is 1.36. The van der Waals surface area contributed by atoms with Crippen LogP contribution in [0, 0.1) is 6.92 Å². The van der Waals surface area contributed by atoms with E-state index in [1.807, 2.05) is 6.20 Å². The van der Waals surface area contributed by atoms with Gasteiger partial charge in [0.1, 0.15) is 5.82 Å². The molecule has 0 saturated carbocycles. The lowest BCUT2D eigenvalue weighted by Gasteiger charge is -2.28. The van der Waals surface area contributed by atoms with E-state index in [0.29, 0.717) is 29.4 Å². The highest BCUT2D eigenvalue weighted by Gasteiger charge is 2.20. The minimum atomic E-state index is -0.127. The first kappa shape index (κ1) is 14.5. The first-order chi connectivity index (χ1) is 9.38. The van der Waals surface area contributed by atoms with Gasteiger partial charge in [0.2, 0.25) is 0 Å². The van der Waals surface area contributed by atoms with Crippen molar-refractivity contribution in [3.63, 3.8) is 0 Å². The normalized spacial score (nSPS) is 18.1. The number of ketones is 1. The van der Waals surface area contributed by atoms with Crippen molar-refractivity contribution in [2.45, 2.75) is 46.6 Å². The zero-order valence-electron chi connectivity index (χ0n) is 12.5. The number of allylic oxidation sites excluding steroid dienone is 1. The van der Waals surface area contributed by atoms with Crippen LogP contribution >= 0.6 is 0 Å². The Morgan fingerprint density at radius 1 is 1.45 bits per heavy atom. The summed E-state index contributed by atoms with van der Waals surface area (Å²) < 4.78 is 0. The first-order valence-electron chi connectivity index (χ1n) is 6.94. The molecule has 0 saturated heterocycles. The molecule has 0 unspecified atom stereocenters. The fraction of sp³-hybridized carbons (Fsp3) is 0.533. The molecule has 0 atom stereocenters. The van der Waals surface area contributed by atoms with Gasteiger partial charge in [-0.25, -0.2) is 4.98 Å². The fourth-order valence-corrected chi connectivity index (χ4v) is 2.42. The van der Waals surface area contributed by atoms with Crippen molar-refractivity contribution in [3.05, 3.63) is 39.2 Å². The number of fused-ring (bicyclic) bond motifs is 1. The minimum absolute atomic E-state index is 0.00322. The van der Waals surface area contributed by atoms with Crippen molar-refractivity contribution < 1.29 is 4.79 Å². The largest absolute Gasteiger partial charge is 0.374 e. The Morgan fingerprint density at radius 3 is 2.75 bits per heavy atom. The fourth-order valence-electron chi connectivity index (χ4n) is 2.42. The summed E-state index contributed by atoms with van der Waals surface area (Å²) in [7, 11) is 0. The number of Topliss-reactive ketones (excluding diaryl/α,β-unsaturated/α-hetero) is 1. The third-order valence-electron chi connectivity index (χ3n) is 3.63. The third-order valence-corrected chi connectivity index (χ3v) is 3.63. The van der Waals surface area contributed by atoms with Crippen LogP contribution in [0.2, 0.25) is 0 Å². The SMILES string of the molecule is CC(=O)/C1=C/N(C(C)C)CCc2nc(C)[nH]c(=O)c2C1. The minimum Gasteiger partial charge on any atom is -0.374 e. The Labute approximate surface area is 118 Å². The second kappa shape index (κ2) is 5.61. The summed E-state index contributed by atoms with van der Waals surface area (Å²) in [5.41, 5.74) is 1.97. The van der Waals surface area contributed by atoms with E-state index in [1.54, 1.807) is 13.8 Å². The zero-order valence-corrected chi connectivity index (χ0v) is 12.5. The van der Waals surface area contributed by atoms with Gasteiger partial charge in [-0.2, -0.15) is 0 Å². The van der Waals surface area contributed by atoms with Gasteiger partial charge in [0.15, 0.2) is 5.78 Å². The molecule has 0 amide bonds. The molecule has 1 aliphatic rings. The van der Waals surface area contributed by atoms with Crippen LogP contribution in [0.5, 0.6) is 0 Å². The van der Waals surface area contributed by atoms with Crippen LogP contribution in [0.25, 0.3) is 0 Å². The number of rotatable bonds is 2. The second-order valence-electron chi connectivity index (χ2n) is 5.55. The molecule has 5 nitrogen and oxygen atoms in total. The molecular formula is C15H21N3O2. The van der Waals surface area contributed by atoms with Crippen LogP contribution in [0.1, 0.15) is 37.9 Å². The van der Waals surface area contributed by atoms with Gasteiger partial charge in [-0.1, -0.05) is 0 Å². The van der Waals surface area contributed by atoms with E-state index >= 15 is 0 Å². The zero-order chi connectivity index (χ0) is 14.9. The van der Waals surface area contributed by atoms with Crippen molar-refractivity contribution in [1.82, 2.24) is 14.9 Å². The Balaban J connectivity index is 2.51. The number of hydrogen-bond donors (Lipinski definition) is 1. The number of aryl methyl sites for hydroxylation is 1. The molecule has 0 spiro atoms. The topological polar surface area (TPSA) is 66.1 Å². The maximum Gasteiger partial charge on any atom is 0.254 e. The molecular weight excluding hydrogens is 254 g/mol. The number of hydrogen-bond acceptors (Lipinski definition) is 4. The maximum absolute atomic E-state index is 12.1. The standard InChI is InChI=1S/C15H21N3O2/c1-9(2)18-6-5-14-13(7-12(8-18)10(3)19)15(20)17-11(4)16-14/h8-9H,5-7H2,1-4H3,(H,16,17,20)/b12-8+. The first-order valence-corrected chi connectivity index (χ1v) is 6.94. The highest BCUT2D eigenvalue weighted by Crippen LogP contribution is 2.16. The highest BCUT2D eigenvalue weighted by atomic mass is 16.1. The van der Waals surface area contributed by atoms with Crippen molar-refractivity contribution in [2.24, 2.45) is 0 Å². The number of nitrogens with one attached hydrogen (secondary N) is 1. The molecule has 2 heterocycles. The third kappa shape index (κ3) is 2.98. The Hall–Kier alpha value is -1.91. The predicted molar refractivity (Wildman–Crippen MR) is 77.6 cm³/mol. The molecule has 0 bridgehead atoms. The number of H-pyrrole nitrogens is 1. The number of carbonyl (C=O) groups excluding carboxylic acids is 1. The van der Waals surface area contributed by atoms with Crippen LogP contribution in [0.15, 0.2) is 16.6 Å². The molecule has 0 aromatic carbocycles. The lowest BCUT2D eigenvalue weighted by atomic mass is 9.99. The van der Waals surface area contributed by atoms with E-state index in [1.165, 1.54) is 0 Å². The summed E-state index contributed by atoms with van der Waals surface area (Å²) in [4.78, 5) is 33.2. The van der Waals surface area contributed by atoms with Crippen molar-refractivity contribution in [3.8, 4) is 0 Å². The molecule has 1 N–H and O–H groups in total. The molecule has 1 aliphatic heterocycles. The van der Waals surface area contributed by atoms with Crippen LogP contribution < -0.4 is 5.56 Å². The maximum atomic E-state index is 12.1. The van der Waals surface area contributed by atoms with E-state index < -0.39 is 0 Å². The van der Waals surface area contributed by atoms with E-state index in [0.717, 1.165) is 18.7 Å². The van der Waals surface area contributed by atoms with E-state index in [-0.39, 0.29) is 11.3 Å². The van der Waals surface area contributed by atoms with Crippen molar-refractivity contribution >= 4 is 5.78 Å². The quantitative estimate of drug-likeness (QED) is 0.885. The molecule has 1 aromatic heterocycles. The molecule has 0 radical (unpaired) electrons. The number of nitrogens with zero attached hydrogens (tertiary/aromatic N) is 2. The second-order valence-corrected chi connectivity index (χ2v) is 5.55. The molecule has 0 aliphatic carbocycles. The van der Waals surface area contributed by atoms with Gasteiger partial charge < -0.3 is 9.88 Å². The van der Waals surface area contributed by atoms with Gasteiger partial charge >= 0.3 is 0 Å². The lowest BCUT2D eigenvalue weighted by molar-refractivity contribution is -0.113. The van der Waals surface area contributed by atoms with Crippen LogP contribution in [-0.4, -0.2) is 33.2 Å². The Bertz CT molecular complexity index is 614. The average molecular weight is 275 g/mol. The molecule has 5 heteroatoms. The Morgan fingerprint density at radius 2 is 2.15 bits per heavy atom. The summed E-state index contributed by atoms with van der Waals surface area (Å²) in [5.74, 6) is 0.627. The van der Waals surface area contributed by atoms with Crippen molar-refractivity contribution in [1.29, 1.82) is 0 Å². The van der Waals surface area contributed by atoms with Gasteiger partial charge in [-0.05, 0) is 27.7 Å². The summed E-state index contributed by atoms with van der Waals surface area (Å²) >= 11 is 0. The molecule has 20 heavy (non-hydrogen) atoms. The van der Waals surface area contributed by atoms with Gasteiger partial charge in [0.25, 0.3) is 5.56 Å². The smallest absolute Gasteiger partial charge is 0.254 e. The van der Waals surface area contributed by atoms with Crippen molar-refractivity contribution in [2.75, 3.05) is 6.54 Å². The number of aromatic amines is 1. The van der Waals surface area contributed by atoms with Gasteiger partial charge in [0, 0.05) is 42.8 Å². The highest BCUT2D eigenvalue weighted by molar-refractivity contribution is 5.93. The van der Waals surface area contributed by atoms with Gasteiger partial charge in [-0.15, -0.1) is 0 Å². The molecule has 2 rings (SSSR count). The Kier molecular flexibility index (Phi) is 4.06. The van der Waals surface area contributed by atoms with Crippen LogP contribution in [0.4, 0.5) is 0 Å². The number of carbonyl (C=O) groups is 1. The van der Waals surface area contributed by atoms with Crippen LogP contribution in [-0.2, 0) is 17.6 Å². The number of aromatic nitrogens is 2. The lowest BCUT2D eigenvalue weighted by Crippen LogP contribution is -2.32. The monoisotopic (exact) mass is 275 g/mol. The summed E-state index contributed by atoms with van der Waals surface area (Å²) in [6.07, 6.45) is 2.98. The summed E-state index contributed by atoms with van der Waals surface area (Å²) in [6.45, 7) is 8.27. The molecule has 108 valence electrons.